The van der Waals surface area contributed by atoms with Crippen molar-refractivity contribution in [3.05, 3.63) is 35.4 Å². The summed E-state index contributed by atoms with van der Waals surface area (Å²) >= 11 is 0. The number of rotatable bonds is 7. The Kier molecular flexibility index (Phi) is 11.1. The zero-order valence-electron chi connectivity index (χ0n) is 18.1. The Bertz CT molecular complexity index is 822. The van der Waals surface area contributed by atoms with Crippen LogP contribution in [-0.2, 0) is 31.9 Å². The molecule has 0 aromatic heterocycles. The van der Waals surface area contributed by atoms with E-state index in [1.165, 1.54) is 7.11 Å². The number of ether oxygens (including phenoxy) is 1. The van der Waals surface area contributed by atoms with Crippen LogP contribution in [-0.4, -0.2) is 58.5 Å². The van der Waals surface area contributed by atoms with Crippen LogP contribution < -0.4 is 10.0 Å². The molecule has 8 nitrogen and oxygen atoms in total. The van der Waals surface area contributed by atoms with Crippen molar-refractivity contribution in [2.75, 3.05) is 27.2 Å². The second kappa shape index (κ2) is 12.5. The van der Waals surface area contributed by atoms with Gasteiger partial charge in [-0.3, -0.25) is 9.79 Å². The molecule has 1 aliphatic rings. The van der Waals surface area contributed by atoms with Crippen LogP contribution >= 0.6 is 24.0 Å². The lowest BCUT2D eigenvalue weighted by Crippen LogP contribution is -2.46. The molecule has 1 fully saturated rings. The number of nitrogens with zero attached hydrogens (tertiary/aromatic N) is 2. The van der Waals surface area contributed by atoms with Crippen molar-refractivity contribution in [2.45, 2.75) is 45.0 Å². The summed E-state index contributed by atoms with van der Waals surface area (Å²) in [5, 5.41) is 3.32. The van der Waals surface area contributed by atoms with E-state index >= 15 is 0 Å². The van der Waals surface area contributed by atoms with Gasteiger partial charge in [0.25, 0.3) is 0 Å². The Hall–Kier alpha value is -1.40. The van der Waals surface area contributed by atoms with Gasteiger partial charge in [0.2, 0.25) is 10.0 Å². The first-order valence-corrected chi connectivity index (χ1v) is 11.5. The Morgan fingerprint density at radius 1 is 1.23 bits per heavy atom. The molecular weight excluding hydrogens is 519 g/mol. The van der Waals surface area contributed by atoms with Crippen LogP contribution in [0.3, 0.4) is 0 Å². The summed E-state index contributed by atoms with van der Waals surface area (Å²) in [5.41, 5.74) is 1.67. The van der Waals surface area contributed by atoms with Crippen molar-refractivity contribution in [1.82, 2.24) is 14.9 Å². The number of methoxy groups -OCH3 is 1. The zero-order valence-corrected chi connectivity index (χ0v) is 21.2. The van der Waals surface area contributed by atoms with Gasteiger partial charge in [-0.15, -0.1) is 24.0 Å². The number of benzene rings is 1. The van der Waals surface area contributed by atoms with Crippen molar-refractivity contribution < 1.29 is 17.9 Å². The maximum atomic E-state index is 12.3. The van der Waals surface area contributed by atoms with Gasteiger partial charge in [0.05, 0.1) is 18.8 Å². The summed E-state index contributed by atoms with van der Waals surface area (Å²) in [5.74, 6) is 0.462. The molecule has 1 aromatic rings. The van der Waals surface area contributed by atoms with Crippen molar-refractivity contribution >= 4 is 45.9 Å². The van der Waals surface area contributed by atoms with E-state index < -0.39 is 10.0 Å². The van der Waals surface area contributed by atoms with Gasteiger partial charge in [-0.25, -0.2) is 13.1 Å². The Balaban J connectivity index is 0.00000450. The number of aliphatic imine (C=N–C) groups is 1. The molecule has 1 heterocycles. The highest BCUT2D eigenvalue weighted by molar-refractivity contribution is 14.0. The number of hydrogen-bond donors (Lipinski definition) is 2. The Morgan fingerprint density at radius 3 is 2.37 bits per heavy atom. The van der Waals surface area contributed by atoms with Crippen molar-refractivity contribution in [2.24, 2.45) is 10.9 Å². The second-order valence-electron chi connectivity index (χ2n) is 7.49. The summed E-state index contributed by atoms with van der Waals surface area (Å²) in [6.45, 7) is 5.51. The standard InChI is InChI=1S/C20H32N4O4S.HI/c1-15(2)23-29(26,27)14-18-8-6-5-7-17(18)13-22-20(21-3)24-11-9-16(10-12-24)19(25)28-4;/h5-8,15-16,23H,9-14H2,1-4H3,(H,21,22);1H. The minimum atomic E-state index is -3.40. The topological polar surface area (TPSA) is 100 Å². The molecule has 0 amide bonds. The molecule has 0 radical (unpaired) electrons. The van der Waals surface area contributed by atoms with Gasteiger partial charge in [0, 0.05) is 32.7 Å². The van der Waals surface area contributed by atoms with Gasteiger partial charge in [-0.05, 0) is 37.8 Å². The molecular formula is C20H33IN4O4S. The van der Waals surface area contributed by atoms with E-state index in [-0.39, 0.29) is 47.7 Å². The summed E-state index contributed by atoms with van der Waals surface area (Å²) in [7, 11) is -0.260. The van der Waals surface area contributed by atoms with Crippen molar-refractivity contribution in [1.29, 1.82) is 0 Å². The van der Waals surface area contributed by atoms with E-state index in [2.05, 4.69) is 19.9 Å². The number of likely N-dealkylation sites (tertiary alicyclic amines) is 1. The Morgan fingerprint density at radius 2 is 1.83 bits per heavy atom. The van der Waals surface area contributed by atoms with Crippen LogP contribution in [0.15, 0.2) is 29.3 Å². The molecule has 0 spiro atoms. The molecule has 0 saturated carbocycles. The fraction of sp³-hybridized carbons (Fsp3) is 0.600. The second-order valence-corrected chi connectivity index (χ2v) is 9.24. The first kappa shape index (κ1) is 26.6. The van der Waals surface area contributed by atoms with Crippen LogP contribution in [0.2, 0.25) is 0 Å². The number of halogens is 1. The number of guanidine groups is 1. The minimum Gasteiger partial charge on any atom is -0.469 e. The average molecular weight is 552 g/mol. The molecule has 10 heteroatoms. The quantitative estimate of drug-likeness (QED) is 0.233. The molecule has 1 saturated heterocycles. The van der Waals surface area contributed by atoms with Gasteiger partial charge in [-0.1, -0.05) is 24.3 Å². The number of sulfonamides is 1. The van der Waals surface area contributed by atoms with Gasteiger partial charge in [0.15, 0.2) is 5.96 Å². The molecule has 1 aromatic carbocycles. The normalized spacial score (nSPS) is 15.6. The van der Waals surface area contributed by atoms with Crippen LogP contribution in [0.5, 0.6) is 0 Å². The monoisotopic (exact) mass is 552 g/mol. The summed E-state index contributed by atoms with van der Waals surface area (Å²) < 4.78 is 32.1. The average Bonchev–Trinajstić information content (AvgIpc) is 2.68. The molecule has 0 aliphatic carbocycles. The predicted molar refractivity (Wildman–Crippen MR) is 129 cm³/mol. The van der Waals surface area contributed by atoms with Crippen molar-refractivity contribution in [3.8, 4) is 0 Å². The van der Waals surface area contributed by atoms with Crippen LogP contribution in [0.25, 0.3) is 0 Å². The van der Waals surface area contributed by atoms with Crippen LogP contribution in [0.1, 0.15) is 37.8 Å². The first-order chi connectivity index (χ1) is 13.8. The highest BCUT2D eigenvalue weighted by Gasteiger charge is 2.27. The highest BCUT2D eigenvalue weighted by atomic mass is 127. The number of piperidine rings is 1. The zero-order chi connectivity index (χ0) is 21.4. The fourth-order valence-electron chi connectivity index (χ4n) is 3.48. The summed E-state index contributed by atoms with van der Waals surface area (Å²) in [6, 6.07) is 7.35. The number of carbonyl (C=O) groups excluding carboxylic acids is 1. The van der Waals surface area contributed by atoms with Gasteiger partial charge < -0.3 is 15.0 Å². The maximum Gasteiger partial charge on any atom is 0.308 e. The smallest absolute Gasteiger partial charge is 0.308 e. The molecule has 30 heavy (non-hydrogen) atoms. The van der Waals surface area contributed by atoms with Crippen LogP contribution in [0.4, 0.5) is 0 Å². The van der Waals surface area contributed by atoms with E-state index in [4.69, 9.17) is 4.74 Å². The number of carbonyl (C=O) groups is 1. The highest BCUT2D eigenvalue weighted by Crippen LogP contribution is 2.19. The van der Waals surface area contributed by atoms with Crippen LogP contribution in [0, 0.1) is 5.92 Å². The molecule has 2 rings (SSSR count). The van der Waals surface area contributed by atoms with Gasteiger partial charge in [-0.2, -0.15) is 0 Å². The lowest BCUT2D eigenvalue weighted by molar-refractivity contribution is -0.146. The lowest BCUT2D eigenvalue weighted by atomic mass is 9.97. The van der Waals surface area contributed by atoms with Crippen molar-refractivity contribution in [3.63, 3.8) is 0 Å². The third kappa shape index (κ3) is 8.03. The molecule has 1 aliphatic heterocycles. The van der Waals surface area contributed by atoms with E-state index in [1.54, 1.807) is 20.9 Å². The molecule has 0 atom stereocenters. The van der Waals surface area contributed by atoms with E-state index in [0.717, 1.165) is 29.9 Å². The van der Waals surface area contributed by atoms with E-state index in [0.29, 0.717) is 19.6 Å². The molecule has 170 valence electrons. The SMILES string of the molecule is CN=C(NCc1ccccc1CS(=O)(=O)NC(C)C)N1CCC(C(=O)OC)CC1.I. The number of hydrogen-bond acceptors (Lipinski definition) is 5. The largest absolute Gasteiger partial charge is 0.469 e. The predicted octanol–water partition coefficient (Wildman–Crippen LogP) is 2.09. The van der Waals surface area contributed by atoms with Gasteiger partial charge in [0.1, 0.15) is 0 Å². The molecule has 0 unspecified atom stereocenters. The van der Waals surface area contributed by atoms with E-state index in [9.17, 15) is 13.2 Å². The fourth-order valence-corrected chi connectivity index (χ4v) is 4.97. The molecule has 0 bridgehead atoms. The molecule has 2 N–H and O–H groups in total. The lowest BCUT2D eigenvalue weighted by Gasteiger charge is -2.33. The summed E-state index contributed by atoms with van der Waals surface area (Å²) in [6.07, 6.45) is 1.45. The summed E-state index contributed by atoms with van der Waals surface area (Å²) in [4.78, 5) is 18.2. The minimum absolute atomic E-state index is 0. The third-order valence-electron chi connectivity index (χ3n) is 4.86. The van der Waals surface area contributed by atoms with Gasteiger partial charge >= 0.3 is 5.97 Å². The third-order valence-corrected chi connectivity index (χ3v) is 6.38. The Labute approximate surface area is 196 Å². The maximum absolute atomic E-state index is 12.3. The van der Waals surface area contributed by atoms with E-state index in [1.807, 2.05) is 24.3 Å². The first-order valence-electron chi connectivity index (χ1n) is 9.86. The number of nitrogens with one attached hydrogen (secondary N) is 2. The number of esters is 1.